The van der Waals surface area contributed by atoms with E-state index in [1.165, 1.54) is 23.9 Å². The molecule has 4 rings (SSSR count). The van der Waals surface area contributed by atoms with Gasteiger partial charge in [0.2, 0.25) is 0 Å². The number of anilines is 1. The second-order valence-corrected chi connectivity index (χ2v) is 9.54. The number of rotatable bonds is 10. The molecular weight excluding hydrogens is 464 g/mol. The molecule has 10 heteroatoms. The van der Waals surface area contributed by atoms with Crippen LogP contribution in [0.5, 0.6) is 17.2 Å². The lowest BCUT2D eigenvalue weighted by Gasteiger charge is -2.08. The Morgan fingerprint density at radius 2 is 1.55 bits per heavy atom. The van der Waals surface area contributed by atoms with Gasteiger partial charge < -0.3 is 18.6 Å². The second-order valence-electron chi connectivity index (χ2n) is 6.82. The zero-order chi connectivity index (χ0) is 23.3. The van der Waals surface area contributed by atoms with E-state index >= 15 is 0 Å². The highest BCUT2D eigenvalue weighted by molar-refractivity contribution is 7.99. The van der Waals surface area contributed by atoms with Gasteiger partial charge in [-0.2, -0.15) is 0 Å². The van der Waals surface area contributed by atoms with Crippen molar-refractivity contribution in [3.63, 3.8) is 0 Å². The molecule has 0 amide bonds. The maximum absolute atomic E-state index is 12.8. The summed E-state index contributed by atoms with van der Waals surface area (Å²) in [5.74, 6) is 2.77. The van der Waals surface area contributed by atoms with Gasteiger partial charge in [-0.15, -0.1) is 0 Å². The van der Waals surface area contributed by atoms with Crippen molar-refractivity contribution in [2.75, 3.05) is 31.3 Å². The summed E-state index contributed by atoms with van der Waals surface area (Å²) in [6, 6.07) is 18.5. The predicted octanol–water partition coefficient (Wildman–Crippen LogP) is 4.82. The van der Waals surface area contributed by atoms with Crippen molar-refractivity contribution >= 4 is 38.6 Å². The van der Waals surface area contributed by atoms with Crippen molar-refractivity contribution in [2.45, 2.75) is 10.1 Å². The number of ether oxygens (including phenoxy) is 3. The molecule has 0 atom stereocenters. The topological polar surface area (TPSA) is 99.9 Å². The first kappa shape index (κ1) is 22.8. The van der Waals surface area contributed by atoms with Gasteiger partial charge in [-0.25, -0.2) is 13.4 Å². The maximum atomic E-state index is 12.8. The van der Waals surface area contributed by atoms with E-state index in [0.29, 0.717) is 40.1 Å². The number of nitrogens with one attached hydrogen (secondary N) is 1. The molecule has 0 aliphatic heterocycles. The van der Waals surface area contributed by atoms with Crippen LogP contribution >= 0.6 is 11.8 Å². The highest BCUT2D eigenvalue weighted by Crippen LogP contribution is 2.27. The summed E-state index contributed by atoms with van der Waals surface area (Å²) in [6.07, 6.45) is 0. The van der Waals surface area contributed by atoms with Gasteiger partial charge in [-0.05, 0) is 66.7 Å². The lowest BCUT2D eigenvalue weighted by Crippen LogP contribution is -2.12. The Balaban J connectivity index is 1.37. The Bertz CT molecular complexity index is 1320. The molecule has 172 valence electrons. The third-order valence-electron chi connectivity index (χ3n) is 4.63. The molecular formula is C23H22N2O6S2. The molecule has 0 aliphatic rings. The van der Waals surface area contributed by atoms with Crippen LogP contribution in [0, 0.1) is 0 Å². The van der Waals surface area contributed by atoms with Crippen LogP contribution in [0.2, 0.25) is 0 Å². The van der Waals surface area contributed by atoms with Crippen LogP contribution < -0.4 is 18.9 Å². The quantitative estimate of drug-likeness (QED) is 0.252. The first-order chi connectivity index (χ1) is 16.0. The zero-order valence-electron chi connectivity index (χ0n) is 18.0. The Hall–Kier alpha value is -3.37. The van der Waals surface area contributed by atoms with Crippen LogP contribution in [0.15, 0.2) is 81.3 Å². The number of methoxy groups -OCH3 is 2. The smallest absolute Gasteiger partial charge is 0.261 e. The van der Waals surface area contributed by atoms with Gasteiger partial charge in [0.05, 0.1) is 25.7 Å². The van der Waals surface area contributed by atoms with E-state index in [0.717, 1.165) is 11.5 Å². The average Bonchev–Trinajstić information content (AvgIpc) is 3.24. The number of sulfonamides is 1. The summed E-state index contributed by atoms with van der Waals surface area (Å²) in [7, 11) is -0.618. The van der Waals surface area contributed by atoms with Crippen molar-refractivity contribution in [1.82, 2.24) is 4.98 Å². The van der Waals surface area contributed by atoms with Gasteiger partial charge in [0, 0.05) is 11.4 Å². The molecule has 0 bridgehead atoms. The number of oxazole rings is 1. The van der Waals surface area contributed by atoms with Crippen LogP contribution in [0.4, 0.5) is 5.69 Å². The van der Waals surface area contributed by atoms with Gasteiger partial charge >= 0.3 is 0 Å². The number of benzene rings is 3. The summed E-state index contributed by atoms with van der Waals surface area (Å²) in [5.41, 5.74) is 1.41. The second kappa shape index (κ2) is 10.1. The summed E-state index contributed by atoms with van der Waals surface area (Å²) >= 11 is 1.39. The Kier molecular flexibility index (Phi) is 6.95. The van der Waals surface area contributed by atoms with Crippen molar-refractivity contribution in [1.29, 1.82) is 0 Å². The fourth-order valence-electron chi connectivity index (χ4n) is 2.95. The molecule has 33 heavy (non-hydrogen) atoms. The molecule has 0 unspecified atom stereocenters. The van der Waals surface area contributed by atoms with Gasteiger partial charge in [-0.1, -0.05) is 11.8 Å². The SMILES string of the molecule is COc1ccc(NS(=O)(=O)c2ccc3oc(SCCOc4ccc(OC)cc4)nc3c2)cc1. The van der Waals surface area contributed by atoms with Crippen LogP contribution in [0.3, 0.4) is 0 Å². The van der Waals surface area contributed by atoms with Crippen LogP contribution in [-0.4, -0.2) is 40.0 Å². The summed E-state index contributed by atoms with van der Waals surface area (Å²) in [4.78, 5) is 4.50. The maximum Gasteiger partial charge on any atom is 0.261 e. The normalized spacial score (nSPS) is 11.3. The molecule has 0 saturated carbocycles. The minimum Gasteiger partial charge on any atom is -0.497 e. The average molecular weight is 487 g/mol. The fourth-order valence-corrected chi connectivity index (χ4v) is 4.68. The minimum atomic E-state index is -3.78. The molecule has 0 spiro atoms. The molecule has 0 radical (unpaired) electrons. The van der Waals surface area contributed by atoms with E-state index in [1.807, 2.05) is 24.3 Å². The number of nitrogens with zero attached hydrogens (tertiary/aromatic N) is 1. The van der Waals surface area contributed by atoms with Crippen LogP contribution in [0.1, 0.15) is 0 Å². The van der Waals surface area contributed by atoms with E-state index in [4.69, 9.17) is 18.6 Å². The van der Waals surface area contributed by atoms with E-state index < -0.39 is 10.0 Å². The molecule has 1 N–H and O–H groups in total. The Labute approximate surface area is 195 Å². The van der Waals surface area contributed by atoms with Crippen LogP contribution in [0.25, 0.3) is 11.1 Å². The van der Waals surface area contributed by atoms with Crippen molar-refractivity contribution in [2.24, 2.45) is 0 Å². The van der Waals surface area contributed by atoms with Crippen molar-refractivity contribution < 1.29 is 27.0 Å². The summed E-state index contributed by atoms with van der Waals surface area (Å²) in [5, 5.41) is 0.445. The molecule has 1 aromatic heterocycles. The monoisotopic (exact) mass is 486 g/mol. The number of hydrogen-bond donors (Lipinski definition) is 1. The molecule has 8 nitrogen and oxygen atoms in total. The molecule has 0 saturated heterocycles. The van der Waals surface area contributed by atoms with E-state index in [1.54, 1.807) is 44.6 Å². The van der Waals surface area contributed by atoms with Crippen molar-refractivity contribution in [3.8, 4) is 17.2 Å². The lowest BCUT2D eigenvalue weighted by atomic mass is 10.3. The van der Waals surface area contributed by atoms with E-state index in [-0.39, 0.29) is 4.90 Å². The first-order valence-electron chi connectivity index (χ1n) is 9.94. The summed E-state index contributed by atoms with van der Waals surface area (Å²) < 4.78 is 49.7. The number of hydrogen-bond acceptors (Lipinski definition) is 8. The zero-order valence-corrected chi connectivity index (χ0v) is 19.6. The molecule has 3 aromatic carbocycles. The van der Waals surface area contributed by atoms with Gasteiger partial charge in [-0.3, -0.25) is 4.72 Å². The highest BCUT2D eigenvalue weighted by Gasteiger charge is 2.17. The van der Waals surface area contributed by atoms with Crippen LogP contribution in [-0.2, 0) is 10.0 Å². The van der Waals surface area contributed by atoms with Gasteiger partial charge in [0.1, 0.15) is 22.8 Å². The van der Waals surface area contributed by atoms with E-state index in [9.17, 15) is 8.42 Å². The third-order valence-corrected chi connectivity index (χ3v) is 6.80. The first-order valence-corrected chi connectivity index (χ1v) is 12.4. The Morgan fingerprint density at radius 1 is 0.909 bits per heavy atom. The van der Waals surface area contributed by atoms with E-state index in [2.05, 4.69) is 9.71 Å². The predicted molar refractivity (Wildman–Crippen MR) is 127 cm³/mol. The minimum absolute atomic E-state index is 0.0958. The molecule has 4 aromatic rings. The number of fused-ring (bicyclic) bond motifs is 1. The Morgan fingerprint density at radius 3 is 2.21 bits per heavy atom. The van der Waals surface area contributed by atoms with Crippen molar-refractivity contribution in [3.05, 3.63) is 66.7 Å². The van der Waals surface area contributed by atoms with Gasteiger partial charge in [0.25, 0.3) is 15.2 Å². The molecule has 0 aliphatic carbocycles. The third kappa shape index (κ3) is 5.71. The molecule has 1 heterocycles. The largest absolute Gasteiger partial charge is 0.497 e. The number of thioether (sulfide) groups is 1. The standard InChI is InChI=1S/C23H22N2O6S2/c1-28-17-5-3-16(4-6-17)25-33(26,27)20-11-12-22-21(15-20)24-23(31-22)32-14-13-30-19-9-7-18(29-2)8-10-19/h3-12,15,25H,13-14H2,1-2H3. The van der Waals surface area contributed by atoms with Gasteiger partial charge in [0.15, 0.2) is 5.58 Å². The number of aromatic nitrogens is 1. The fraction of sp³-hybridized carbons (Fsp3) is 0.174. The lowest BCUT2D eigenvalue weighted by molar-refractivity contribution is 0.342. The molecule has 0 fully saturated rings. The highest BCUT2D eigenvalue weighted by atomic mass is 32.2. The summed E-state index contributed by atoms with van der Waals surface area (Å²) in [6.45, 7) is 0.459.